The molecule has 3 rings (SSSR count). The number of aryl methyl sites for hydroxylation is 2. The van der Waals surface area contributed by atoms with Gasteiger partial charge in [0.2, 0.25) is 17.7 Å². The third kappa shape index (κ3) is 6.87. The zero-order valence-corrected chi connectivity index (χ0v) is 19.6. The minimum absolute atomic E-state index is 0.230. The molecule has 9 heteroatoms. The highest BCUT2D eigenvalue weighted by Crippen LogP contribution is 2.32. The number of nitrogens with one attached hydrogen (secondary N) is 2. The highest BCUT2D eigenvalue weighted by molar-refractivity contribution is 5.92. The predicted octanol–water partition coefficient (Wildman–Crippen LogP) is 4.15. The van der Waals surface area contributed by atoms with Crippen molar-refractivity contribution in [2.75, 3.05) is 25.6 Å². The normalized spacial score (nSPS) is 10.4. The number of methoxy groups -OCH3 is 1. The van der Waals surface area contributed by atoms with Crippen molar-refractivity contribution in [3.63, 3.8) is 0 Å². The molecule has 0 aliphatic rings. The number of amides is 1. The Labute approximate surface area is 203 Å². The molecule has 176 valence electrons. The van der Waals surface area contributed by atoms with Crippen LogP contribution in [0.4, 0.5) is 11.6 Å². The maximum Gasteiger partial charge on any atom is 0.244 e. The molecule has 0 aliphatic heterocycles. The molecule has 1 amide bonds. The van der Waals surface area contributed by atoms with E-state index in [4.69, 9.17) is 14.7 Å². The number of benzene rings is 2. The van der Waals surface area contributed by atoms with E-state index >= 15 is 0 Å². The van der Waals surface area contributed by atoms with Crippen molar-refractivity contribution in [3.8, 4) is 23.8 Å². The maximum absolute atomic E-state index is 12.1. The lowest BCUT2D eigenvalue weighted by Crippen LogP contribution is -2.24. The van der Waals surface area contributed by atoms with Gasteiger partial charge in [-0.2, -0.15) is 15.5 Å². The lowest BCUT2D eigenvalue weighted by Gasteiger charge is -2.14. The number of hydrogen-bond donors (Lipinski definition) is 2. The van der Waals surface area contributed by atoms with Crippen LogP contribution in [0.1, 0.15) is 27.8 Å². The van der Waals surface area contributed by atoms with Crippen molar-refractivity contribution in [1.82, 2.24) is 15.3 Å². The summed E-state index contributed by atoms with van der Waals surface area (Å²) >= 11 is 0. The molecule has 0 spiro atoms. The van der Waals surface area contributed by atoms with Gasteiger partial charge in [-0.3, -0.25) is 4.79 Å². The Morgan fingerprint density at radius 2 is 1.77 bits per heavy atom. The number of ether oxygens (including phenoxy) is 2. The van der Waals surface area contributed by atoms with Gasteiger partial charge >= 0.3 is 0 Å². The second-order valence-electron chi connectivity index (χ2n) is 7.54. The van der Waals surface area contributed by atoms with E-state index in [1.165, 1.54) is 6.08 Å². The first-order valence-corrected chi connectivity index (χ1v) is 10.7. The zero-order valence-electron chi connectivity index (χ0n) is 19.6. The Kier molecular flexibility index (Phi) is 8.49. The maximum atomic E-state index is 12.1. The Balaban J connectivity index is 1.93. The van der Waals surface area contributed by atoms with Gasteiger partial charge in [-0.1, -0.05) is 0 Å². The van der Waals surface area contributed by atoms with Crippen molar-refractivity contribution in [2.45, 2.75) is 13.8 Å². The average Bonchev–Trinajstić information content (AvgIpc) is 2.86. The largest absolute Gasteiger partial charge is 0.438 e. The molecular weight excluding hydrogens is 444 g/mol. The number of nitrogens with zero attached hydrogens (tertiary/aromatic N) is 4. The molecule has 1 heterocycles. The fourth-order valence-corrected chi connectivity index (χ4v) is 3.16. The number of nitriles is 2. The van der Waals surface area contributed by atoms with Gasteiger partial charge in [0.05, 0.1) is 35.4 Å². The number of carbonyl (C=O) groups excluding carboxylic acids is 1. The van der Waals surface area contributed by atoms with Crippen LogP contribution in [-0.2, 0) is 9.53 Å². The molecule has 2 aromatic carbocycles. The summed E-state index contributed by atoms with van der Waals surface area (Å²) in [6.45, 7) is 4.48. The van der Waals surface area contributed by atoms with Gasteiger partial charge in [0, 0.05) is 31.6 Å². The van der Waals surface area contributed by atoms with E-state index in [9.17, 15) is 10.1 Å². The van der Waals surface area contributed by atoms with Crippen molar-refractivity contribution in [1.29, 1.82) is 10.5 Å². The Bertz CT molecular complexity index is 1300. The SMILES string of the molecule is COCCNC(=O)/C=C/c1cnc(Nc2ccc(C#N)cc2)nc1Oc1c(C)cc(C#N)cc1C. The lowest BCUT2D eigenvalue weighted by molar-refractivity contribution is -0.116. The van der Waals surface area contributed by atoms with Crippen LogP contribution >= 0.6 is 0 Å². The minimum atomic E-state index is -0.293. The van der Waals surface area contributed by atoms with E-state index in [0.29, 0.717) is 41.3 Å². The molecule has 0 unspecified atom stereocenters. The van der Waals surface area contributed by atoms with Crippen LogP contribution in [0.15, 0.2) is 48.7 Å². The number of anilines is 2. The van der Waals surface area contributed by atoms with Gasteiger partial charge in [0.25, 0.3) is 0 Å². The summed E-state index contributed by atoms with van der Waals surface area (Å²) in [6.07, 6.45) is 4.48. The van der Waals surface area contributed by atoms with Crippen molar-refractivity contribution in [3.05, 3.63) is 76.5 Å². The smallest absolute Gasteiger partial charge is 0.244 e. The first-order chi connectivity index (χ1) is 16.9. The summed E-state index contributed by atoms with van der Waals surface area (Å²) < 4.78 is 11.1. The molecule has 1 aromatic heterocycles. The van der Waals surface area contributed by atoms with E-state index in [1.807, 2.05) is 13.8 Å². The molecule has 3 aromatic rings. The van der Waals surface area contributed by atoms with Crippen LogP contribution in [0.3, 0.4) is 0 Å². The van der Waals surface area contributed by atoms with Crippen molar-refractivity contribution >= 4 is 23.6 Å². The standard InChI is InChI=1S/C26H24N6O3/c1-17-12-20(15-28)13-18(2)24(17)35-25-21(6-9-23(33)29-10-11-34-3)16-30-26(32-25)31-22-7-4-19(14-27)5-8-22/h4-9,12-13,16H,10-11H2,1-3H3,(H,29,33)(H,30,31,32)/b9-6+. The molecule has 0 fully saturated rings. The number of aromatic nitrogens is 2. The van der Waals surface area contributed by atoms with Crippen molar-refractivity contribution < 1.29 is 14.3 Å². The molecule has 0 saturated carbocycles. The second-order valence-corrected chi connectivity index (χ2v) is 7.54. The molecular formula is C26H24N6O3. The van der Waals surface area contributed by atoms with E-state index in [1.54, 1.807) is 55.8 Å². The highest BCUT2D eigenvalue weighted by Gasteiger charge is 2.13. The lowest BCUT2D eigenvalue weighted by atomic mass is 10.1. The number of carbonyl (C=O) groups is 1. The monoisotopic (exact) mass is 468 g/mol. The van der Waals surface area contributed by atoms with Gasteiger partial charge in [-0.15, -0.1) is 0 Å². The third-order valence-corrected chi connectivity index (χ3v) is 4.86. The van der Waals surface area contributed by atoms with Gasteiger partial charge in [0.15, 0.2) is 0 Å². The summed E-state index contributed by atoms with van der Waals surface area (Å²) in [6, 6.07) is 14.5. The van der Waals surface area contributed by atoms with Crippen LogP contribution < -0.4 is 15.4 Å². The van der Waals surface area contributed by atoms with Gasteiger partial charge < -0.3 is 20.1 Å². The van der Waals surface area contributed by atoms with E-state index < -0.39 is 0 Å². The van der Waals surface area contributed by atoms with Crippen LogP contribution in [0.25, 0.3) is 6.08 Å². The molecule has 9 nitrogen and oxygen atoms in total. The summed E-state index contributed by atoms with van der Waals surface area (Å²) in [5, 5.41) is 24.0. The molecule has 2 N–H and O–H groups in total. The fourth-order valence-electron chi connectivity index (χ4n) is 3.16. The molecule has 0 radical (unpaired) electrons. The number of rotatable bonds is 9. The molecule has 0 bridgehead atoms. The van der Waals surface area contributed by atoms with Crippen LogP contribution in [0.2, 0.25) is 0 Å². The topological polar surface area (TPSA) is 133 Å². The third-order valence-electron chi connectivity index (χ3n) is 4.86. The quantitative estimate of drug-likeness (QED) is 0.353. The minimum Gasteiger partial charge on any atom is -0.438 e. The van der Waals surface area contributed by atoms with Crippen LogP contribution in [-0.4, -0.2) is 36.1 Å². The first-order valence-electron chi connectivity index (χ1n) is 10.7. The summed E-state index contributed by atoms with van der Waals surface area (Å²) in [7, 11) is 1.56. The Morgan fingerprint density at radius 3 is 2.40 bits per heavy atom. The van der Waals surface area contributed by atoms with Crippen molar-refractivity contribution in [2.24, 2.45) is 0 Å². The summed E-state index contributed by atoms with van der Waals surface area (Å²) in [4.78, 5) is 20.9. The van der Waals surface area contributed by atoms with E-state index in [2.05, 4.69) is 32.7 Å². The summed E-state index contributed by atoms with van der Waals surface area (Å²) in [5.41, 5.74) is 3.80. The second kappa shape index (κ2) is 11.9. The van der Waals surface area contributed by atoms with Crippen LogP contribution in [0.5, 0.6) is 11.6 Å². The van der Waals surface area contributed by atoms with Crippen LogP contribution in [0, 0.1) is 36.5 Å². The molecule has 0 aliphatic carbocycles. The van der Waals surface area contributed by atoms with E-state index in [-0.39, 0.29) is 17.7 Å². The Morgan fingerprint density at radius 1 is 1.09 bits per heavy atom. The predicted molar refractivity (Wildman–Crippen MR) is 131 cm³/mol. The van der Waals surface area contributed by atoms with E-state index in [0.717, 1.165) is 11.1 Å². The van der Waals surface area contributed by atoms with Gasteiger partial charge in [-0.25, -0.2) is 4.98 Å². The molecule has 0 atom stereocenters. The molecule has 0 saturated heterocycles. The zero-order chi connectivity index (χ0) is 25.2. The molecule has 35 heavy (non-hydrogen) atoms. The summed E-state index contributed by atoms with van der Waals surface area (Å²) in [5.74, 6) is 0.771. The number of hydrogen-bond acceptors (Lipinski definition) is 8. The Hall–Kier alpha value is -4.73. The van der Waals surface area contributed by atoms with Gasteiger partial charge in [-0.05, 0) is 67.4 Å². The fraction of sp³-hybridized carbons (Fsp3) is 0.192. The first kappa shape index (κ1) is 24.9. The highest BCUT2D eigenvalue weighted by atomic mass is 16.5. The average molecular weight is 469 g/mol. The van der Waals surface area contributed by atoms with Gasteiger partial charge in [0.1, 0.15) is 5.75 Å².